The molecule has 0 spiro atoms. The first-order valence-electron chi connectivity index (χ1n) is 7.22. The molecule has 1 aromatic rings. The summed E-state index contributed by atoms with van der Waals surface area (Å²) in [6, 6.07) is 6.95. The van der Waals surface area contributed by atoms with Gasteiger partial charge in [-0.05, 0) is 38.8 Å². The molecule has 0 amide bonds. The Morgan fingerprint density at radius 1 is 1.38 bits per heavy atom. The van der Waals surface area contributed by atoms with E-state index in [0.29, 0.717) is 30.5 Å². The monoisotopic (exact) mass is 291 g/mol. The molecule has 0 heterocycles. The zero-order valence-corrected chi connectivity index (χ0v) is 12.4. The lowest BCUT2D eigenvalue weighted by Crippen LogP contribution is -2.42. The summed E-state index contributed by atoms with van der Waals surface area (Å²) in [4.78, 5) is 24.6. The third-order valence-electron chi connectivity index (χ3n) is 3.74. The molecule has 1 fully saturated rings. The molecule has 114 valence electrons. The van der Waals surface area contributed by atoms with E-state index in [-0.39, 0.29) is 5.78 Å². The lowest BCUT2D eigenvalue weighted by atomic mass is 10.1. The van der Waals surface area contributed by atoms with Gasteiger partial charge < -0.3 is 9.84 Å². The summed E-state index contributed by atoms with van der Waals surface area (Å²) in [5.41, 5.74) is 0.557. The number of aliphatic carboxylic acids is 1. The number of ether oxygens (including phenoxy) is 1. The summed E-state index contributed by atoms with van der Waals surface area (Å²) in [5, 5.41) is 9.14. The van der Waals surface area contributed by atoms with Gasteiger partial charge in [0.1, 0.15) is 18.4 Å². The van der Waals surface area contributed by atoms with E-state index in [2.05, 4.69) is 0 Å². The lowest BCUT2D eigenvalue weighted by Gasteiger charge is -2.26. The molecule has 5 heteroatoms. The van der Waals surface area contributed by atoms with Crippen molar-refractivity contribution in [3.05, 3.63) is 29.8 Å². The van der Waals surface area contributed by atoms with Crippen molar-refractivity contribution >= 4 is 11.8 Å². The van der Waals surface area contributed by atoms with Gasteiger partial charge >= 0.3 is 5.97 Å². The summed E-state index contributed by atoms with van der Waals surface area (Å²) in [5.74, 6) is -0.293. The molecule has 1 saturated carbocycles. The molecule has 0 aromatic heterocycles. The Balaban J connectivity index is 1.94. The molecule has 1 aliphatic carbocycles. The molecule has 0 saturated heterocycles. The average molecular weight is 291 g/mol. The highest BCUT2D eigenvalue weighted by Crippen LogP contribution is 2.28. The van der Waals surface area contributed by atoms with Crippen molar-refractivity contribution in [2.75, 3.05) is 13.2 Å². The van der Waals surface area contributed by atoms with Crippen LogP contribution in [0.4, 0.5) is 0 Å². The van der Waals surface area contributed by atoms with E-state index < -0.39 is 12.0 Å². The maximum atomic E-state index is 11.5. The van der Waals surface area contributed by atoms with Gasteiger partial charge in [0.2, 0.25) is 0 Å². The Bertz CT molecular complexity index is 525. The van der Waals surface area contributed by atoms with Crippen LogP contribution in [0.25, 0.3) is 0 Å². The second-order valence-corrected chi connectivity index (χ2v) is 5.38. The lowest BCUT2D eigenvalue weighted by molar-refractivity contribution is -0.143. The number of carboxylic acid groups (broad SMARTS) is 1. The number of rotatable bonds is 8. The highest BCUT2D eigenvalue weighted by Gasteiger charge is 2.34. The van der Waals surface area contributed by atoms with Gasteiger partial charge in [-0.15, -0.1) is 0 Å². The number of hydrogen-bond acceptors (Lipinski definition) is 4. The molecule has 1 N–H and O–H groups in total. The fourth-order valence-electron chi connectivity index (χ4n) is 2.38. The second-order valence-electron chi connectivity index (χ2n) is 5.38. The van der Waals surface area contributed by atoms with Crippen LogP contribution in [-0.2, 0) is 4.79 Å². The summed E-state index contributed by atoms with van der Waals surface area (Å²) in [7, 11) is 0. The Morgan fingerprint density at radius 2 is 2.05 bits per heavy atom. The Labute approximate surface area is 124 Å². The number of benzene rings is 1. The van der Waals surface area contributed by atoms with Crippen molar-refractivity contribution in [2.45, 2.75) is 38.8 Å². The van der Waals surface area contributed by atoms with E-state index in [1.807, 2.05) is 11.0 Å². The van der Waals surface area contributed by atoms with Gasteiger partial charge in [0.05, 0.1) is 5.56 Å². The molecular weight excluding hydrogens is 270 g/mol. The van der Waals surface area contributed by atoms with Gasteiger partial charge in [-0.3, -0.25) is 14.5 Å². The van der Waals surface area contributed by atoms with E-state index in [9.17, 15) is 9.59 Å². The molecule has 1 aromatic carbocycles. The average Bonchev–Trinajstić information content (AvgIpc) is 3.27. The fraction of sp³-hybridized carbons (Fsp3) is 0.500. The minimum absolute atomic E-state index is 0.0384. The number of hydrogen-bond donors (Lipinski definition) is 1. The summed E-state index contributed by atoms with van der Waals surface area (Å²) >= 11 is 0. The summed E-state index contributed by atoms with van der Waals surface area (Å²) < 4.78 is 5.68. The van der Waals surface area contributed by atoms with Crippen LogP contribution in [0.15, 0.2) is 24.3 Å². The van der Waals surface area contributed by atoms with Gasteiger partial charge in [0, 0.05) is 12.6 Å². The van der Waals surface area contributed by atoms with Gasteiger partial charge in [0.25, 0.3) is 0 Å². The van der Waals surface area contributed by atoms with E-state index in [4.69, 9.17) is 9.84 Å². The number of carboxylic acids is 1. The zero-order valence-electron chi connectivity index (χ0n) is 12.4. The summed E-state index contributed by atoms with van der Waals surface area (Å²) in [6.45, 7) is 4.12. The normalized spacial score (nSPS) is 15.8. The zero-order chi connectivity index (χ0) is 15.4. The number of nitrogens with zero attached hydrogens (tertiary/aromatic N) is 1. The van der Waals surface area contributed by atoms with Crippen LogP contribution in [0.1, 0.15) is 37.0 Å². The van der Waals surface area contributed by atoms with Crippen LogP contribution in [-0.4, -0.2) is 47.0 Å². The van der Waals surface area contributed by atoms with Crippen LogP contribution in [0, 0.1) is 0 Å². The van der Waals surface area contributed by atoms with E-state index >= 15 is 0 Å². The smallest absolute Gasteiger partial charge is 0.320 e. The van der Waals surface area contributed by atoms with Crippen LogP contribution in [0.5, 0.6) is 5.75 Å². The molecule has 1 atom stereocenters. The molecule has 21 heavy (non-hydrogen) atoms. The molecule has 0 aliphatic heterocycles. The number of Topliss-reactive ketones (excluding diaryl/α,β-unsaturated/α-hetero) is 1. The van der Waals surface area contributed by atoms with Crippen LogP contribution in [0.2, 0.25) is 0 Å². The number of carbonyl (C=O) groups is 2. The number of ketones is 1. The second kappa shape index (κ2) is 6.72. The predicted molar refractivity (Wildman–Crippen MR) is 78.8 cm³/mol. The third kappa shape index (κ3) is 4.04. The van der Waals surface area contributed by atoms with Crippen LogP contribution in [0.3, 0.4) is 0 Å². The molecule has 0 bridgehead atoms. The van der Waals surface area contributed by atoms with E-state index in [1.54, 1.807) is 25.1 Å². The van der Waals surface area contributed by atoms with Crippen LogP contribution >= 0.6 is 0 Å². The van der Waals surface area contributed by atoms with Gasteiger partial charge in [-0.25, -0.2) is 0 Å². The maximum Gasteiger partial charge on any atom is 0.320 e. The minimum atomic E-state index is -0.814. The van der Waals surface area contributed by atoms with Crippen molar-refractivity contribution < 1.29 is 19.4 Å². The summed E-state index contributed by atoms with van der Waals surface area (Å²) in [6.07, 6.45) is 2.09. The van der Waals surface area contributed by atoms with E-state index in [1.165, 1.54) is 6.92 Å². The van der Waals surface area contributed by atoms with Crippen molar-refractivity contribution in [2.24, 2.45) is 0 Å². The molecule has 1 aliphatic rings. The van der Waals surface area contributed by atoms with E-state index in [0.717, 1.165) is 12.8 Å². The standard InChI is InChI=1S/C16H21NO4/c1-11(16(19)20)17(13-7-8-13)9-10-21-15-6-4-3-5-14(15)12(2)18/h3-6,11,13H,7-10H2,1-2H3,(H,19,20). The molecule has 0 radical (unpaired) electrons. The van der Waals surface area contributed by atoms with Gasteiger partial charge in [-0.1, -0.05) is 12.1 Å². The SMILES string of the molecule is CC(=O)c1ccccc1OCCN(C1CC1)C(C)C(=O)O. The van der Waals surface area contributed by atoms with Crippen molar-refractivity contribution in [3.8, 4) is 5.75 Å². The Hall–Kier alpha value is -1.88. The van der Waals surface area contributed by atoms with Crippen LogP contribution < -0.4 is 4.74 Å². The topological polar surface area (TPSA) is 66.8 Å². The Kier molecular flexibility index (Phi) is 4.96. The maximum absolute atomic E-state index is 11.5. The number of para-hydroxylation sites is 1. The fourth-order valence-corrected chi connectivity index (χ4v) is 2.38. The first-order chi connectivity index (χ1) is 10.0. The highest BCUT2D eigenvalue weighted by molar-refractivity contribution is 5.96. The molecule has 5 nitrogen and oxygen atoms in total. The predicted octanol–water partition coefficient (Wildman–Crippen LogP) is 2.21. The van der Waals surface area contributed by atoms with Crippen molar-refractivity contribution in [1.29, 1.82) is 0 Å². The molecule has 2 rings (SSSR count). The highest BCUT2D eigenvalue weighted by atomic mass is 16.5. The quantitative estimate of drug-likeness (QED) is 0.744. The van der Waals surface area contributed by atoms with Crippen molar-refractivity contribution in [1.82, 2.24) is 4.90 Å². The first kappa shape index (κ1) is 15.5. The Morgan fingerprint density at radius 3 is 2.62 bits per heavy atom. The molecular formula is C16H21NO4. The van der Waals surface area contributed by atoms with Crippen molar-refractivity contribution in [3.63, 3.8) is 0 Å². The largest absolute Gasteiger partial charge is 0.491 e. The van der Waals surface area contributed by atoms with Gasteiger partial charge in [0.15, 0.2) is 5.78 Å². The molecule has 1 unspecified atom stereocenters. The number of carbonyl (C=O) groups excluding carboxylic acids is 1. The minimum Gasteiger partial charge on any atom is -0.491 e. The van der Waals surface area contributed by atoms with Gasteiger partial charge in [-0.2, -0.15) is 0 Å². The first-order valence-corrected chi connectivity index (χ1v) is 7.22. The third-order valence-corrected chi connectivity index (χ3v) is 3.74.